The minimum Gasteiger partial charge on any atom is -0.394 e. The second-order valence-corrected chi connectivity index (χ2v) is 7.09. The molecule has 0 saturated heterocycles. The van der Waals surface area contributed by atoms with E-state index in [1.807, 2.05) is 0 Å². The zero-order valence-corrected chi connectivity index (χ0v) is 14.1. The number of aliphatic hydroxyl groups is 1. The molecule has 0 spiro atoms. The van der Waals surface area contributed by atoms with Gasteiger partial charge in [-0.3, -0.25) is 4.79 Å². The largest absolute Gasteiger partial charge is 0.394 e. The van der Waals surface area contributed by atoms with E-state index >= 15 is 0 Å². The smallest absolute Gasteiger partial charge is 0.272 e. The number of carbonyl (C=O) groups is 1. The van der Waals surface area contributed by atoms with Gasteiger partial charge < -0.3 is 10.4 Å². The van der Waals surface area contributed by atoms with Gasteiger partial charge >= 0.3 is 0 Å². The highest BCUT2D eigenvalue weighted by atomic mass is 19.1. The molecule has 25 heavy (non-hydrogen) atoms. The maximum absolute atomic E-state index is 14.2. The quantitative estimate of drug-likeness (QED) is 0.896. The Morgan fingerprint density at radius 2 is 2.00 bits per heavy atom. The van der Waals surface area contributed by atoms with Crippen molar-refractivity contribution in [3.05, 3.63) is 47.0 Å². The first-order valence-corrected chi connectivity index (χ1v) is 8.93. The van der Waals surface area contributed by atoms with Crippen molar-refractivity contribution in [1.82, 2.24) is 15.1 Å². The first-order valence-electron chi connectivity index (χ1n) is 8.93. The molecular weight excluding hydrogens is 321 g/mol. The molecule has 0 bridgehead atoms. The maximum Gasteiger partial charge on any atom is 0.272 e. The summed E-state index contributed by atoms with van der Waals surface area (Å²) >= 11 is 0. The molecule has 0 unspecified atom stereocenters. The molecule has 6 heteroatoms. The van der Waals surface area contributed by atoms with Crippen LogP contribution in [0.15, 0.2) is 24.3 Å². The Morgan fingerprint density at radius 3 is 2.72 bits per heavy atom. The molecule has 2 aliphatic rings. The fraction of sp³-hybridized carbons (Fsp3) is 0.474. The third kappa shape index (κ3) is 2.74. The number of halogens is 1. The van der Waals surface area contributed by atoms with Gasteiger partial charge in [0.25, 0.3) is 5.91 Å². The molecule has 1 fully saturated rings. The average Bonchev–Trinajstić information content (AvgIpc) is 3.32. The van der Waals surface area contributed by atoms with E-state index in [1.54, 1.807) is 22.9 Å². The van der Waals surface area contributed by atoms with Gasteiger partial charge in [0.2, 0.25) is 0 Å². The molecule has 2 N–H and O–H groups in total. The molecule has 0 atom stereocenters. The Labute approximate surface area is 145 Å². The van der Waals surface area contributed by atoms with E-state index in [0.717, 1.165) is 56.2 Å². The van der Waals surface area contributed by atoms with Crippen molar-refractivity contribution in [2.45, 2.75) is 50.5 Å². The van der Waals surface area contributed by atoms with Gasteiger partial charge in [0.05, 0.1) is 12.1 Å². The molecule has 1 heterocycles. The van der Waals surface area contributed by atoms with E-state index in [4.69, 9.17) is 0 Å². The summed E-state index contributed by atoms with van der Waals surface area (Å²) in [6.07, 6.45) is 6.07. The van der Waals surface area contributed by atoms with Gasteiger partial charge in [-0.15, -0.1) is 0 Å². The second kappa shape index (κ2) is 6.26. The predicted molar refractivity (Wildman–Crippen MR) is 91.3 cm³/mol. The monoisotopic (exact) mass is 343 g/mol. The van der Waals surface area contributed by atoms with E-state index < -0.39 is 5.54 Å². The summed E-state index contributed by atoms with van der Waals surface area (Å²) < 4.78 is 15.8. The number of nitrogens with one attached hydrogen (secondary N) is 1. The number of carbonyl (C=O) groups excluding carboxylic acids is 1. The lowest BCUT2D eigenvalue weighted by Gasteiger charge is -2.27. The van der Waals surface area contributed by atoms with Crippen LogP contribution in [0.2, 0.25) is 0 Å². The molecule has 1 aromatic heterocycles. The zero-order valence-electron chi connectivity index (χ0n) is 14.1. The van der Waals surface area contributed by atoms with Crippen molar-refractivity contribution in [1.29, 1.82) is 0 Å². The Kier molecular flexibility index (Phi) is 4.07. The lowest BCUT2D eigenvalue weighted by Crippen LogP contribution is -2.49. The first kappa shape index (κ1) is 16.3. The zero-order chi connectivity index (χ0) is 17.4. The third-order valence-corrected chi connectivity index (χ3v) is 5.47. The summed E-state index contributed by atoms with van der Waals surface area (Å²) in [5.74, 6) is -0.613. The van der Waals surface area contributed by atoms with Crippen LogP contribution in [0.3, 0.4) is 0 Å². The number of fused-ring (bicyclic) bond motifs is 1. The van der Waals surface area contributed by atoms with E-state index in [1.165, 1.54) is 6.07 Å². The lowest BCUT2D eigenvalue weighted by atomic mass is 9.98. The highest BCUT2D eigenvalue weighted by Gasteiger charge is 2.37. The van der Waals surface area contributed by atoms with Crippen LogP contribution in [0.1, 0.15) is 53.8 Å². The fourth-order valence-corrected chi connectivity index (χ4v) is 4.12. The van der Waals surface area contributed by atoms with E-state index in [9.17, 15) is 14.3 Å². The van der Waals surface area contributed by atoms with Gasteiger partial charge in [0, 0.05) is 11.3 Å². The summed E-state index contributed by atoms with van der Waals surface area (Å²) in [6, 6.07) is 6.48. The van der Waals surface area contributed by atoms with Gasteiger partial charge in [-0.05, 0) is 44.2 Å². The highest BCUT2D eigenvalue weighted by Crippen LogP contribution is 2.32. The van der Waals surface area contributed by atoms with Crippen molar-refractivity contribution < 1.29 is 14.3 Å². The number of para-hydroxylation sites is 1. The third-order valence-electron chi connectivity index (χ3n) is 5.47. The number of rotatable bonds is 4. The molecule has 1 saturated carbocycles. The molecule has 1 aromatic carbocycles. The molecule has 2 aliphatic carbocycles. The van der Waals surface area contributed by atoms with Crippen LogP contribution in [0, 0.1) is 5.82 Å². The molecule has 132 valence electrons. The molecule has 0 radical (unpaired) electrons. The lowest BCUT2D eigenvalue weighted by molar-refractivity contribution is 0.0832. The normalized spacial score (nSPS) is 18.3. The topological polar surface area (TPSA) is 67.2 Å². The predicted octanol–water partition coefficient (Wildman–Crippen LogP) is 2.54. The van der Waals surface area contributed by atoms with Gasteiger partial charge in [-0.2, -0.15) is 5.10 Å². The van der Waals surface area contributed by atoms with Crippen LogP contribution in [-0.4, -0.2) is 32.9 Å². The molecular formula is C19H22FN3O2. The summed E-state index contributed by atoms with van der Waals surface area (Å²) in [4.78, 5) is 12.9. The second-order valence-electron chi connectivity index (χ2n) is 7.09. The van der Waals surface area contributed by atoms with Crippen molar-refractivity contribution in [2.75, 3.05) is 6.61 Å². The summed E-state index contributed by atoms with van der Waals surface area (Å²) in [7, 11) is 0. The Bertz CT molecular complexity index is 809. The first-order chi connectivity index (χ1) is 12.1. The van der Waals surface area contributed by atoms with Crippen LogP contribution < -0.4 is 5.32 Å². The van der Waals surface area contributed by atoms with E-state index in [0.29, 0.717) is 11.4 Å². The Balaban J connectivity index is 1.70. The Hall–Kier alpha value is -2.21. The van der Waals surface area contributed by atoms with Crippen LogP contribution >= 0.6 is 0 Å². The van der Waals surface area contributed by atoms with Crippen molar-refractivity contribution in [3.8, 4) is 5.69 Å². The minimum atomic E-state index is -0.537. The van der Waals surface area contributed by atoms with Gasteiger partial charge in [0.15, 0.2) is 5.69 Å². The van der Waals surface area contributed by atoms with Crippen molar-refractivity contribution in [3.63, 3.8) is 0 Å². The van der Waals surface area contributed by atoms with Crippen LogP contribution in [0.25, 0.3) is 5.69 Å². The van der Waals surface area contributed by atoms with E-state index in [-0.39, 0.29) is 18.3 Å². The summed E-state index contributed by atoms with van der Waals surface area (Å²) in [5.41, 5.74) is 2.03. The number of benzene rings is 1. The van der Waals surface area contributed by atoms with Gasteiger partial charge in [-0.1, -0.05) is 25.0 Å². The van der Waals surface area contributed by atoms with Gasteiger partial charge in [0.1, 0.15) is 11.5 Å². The summed E-state index contributed by atoms with van der Waals surface area (Å²) in [5, 5.41) is 17.2. The SMILES string of the molecule is O=C(NC1(CO)CCCC1)c1nn(-c2ccccc2F)c2c1CCC2. The number of aromatic nitrogens is 2. The van der Waals surface area contributed by atoms with E-state index in [2.05, 4.69) is 10.4 Å². The number of amides is 1. The number of hydrogen-bond acceptors (Lipinski definition) is 3. The Morgan fingerprint density at radius 1 is 1.24 bits per heavy atom. The van der Waals surface area contributed by atoms with Crippen molar-refractivity contribution in [2.24, 2.45) is 0 Å². The number of aliphatic hydroxyl groups excluding tert-OH is 1. The molecule has 2 aromatic rings. The minimum absolute atomic E-state index is 0.0606. The number of hydrogen-bond donors (Lipinski definition) is 2. The molecule has 1 amide bonds. The van der Waals surface area contributed by atoms with Crippen LogP contribution in [-0.2, 0) is 12.8 Å². The molecule has 0 aliphatic heterocycles. The van der Waals surface area contributed by atoms with Crippen molar-refractivity contribution >= 4 is 5.91 Å². The fourth-order valence-electron chi connectivity index (χ4n) is 4.12. The molecule has 5 nitrogen and oxygen atoms in total. The van der Waals surface area contributed by atoms with Crippen LogP contribution in [0.4, 0.5) is 4.39 Å². The molecule has 4 rings (SSSR count). The van der Waals surface area contributed by atoms with Gasteiger partial charge in [-0.25, -0.2) is 9.07 Å². The summed E-state index contributed by atoms with van der Waals surface area (Å²) in [6.45, 7) is -0.0606. The maximum atomic E-state index is 14.2. The number of nitrogens with zero attached hydrogens (tertiary/aromatic N) is 2. The average molecular weight is 343 g/mol. The van der Waals surface area contributed by atoms with Crippen LogP contribution in [0.5, 0.6) is 0 Å². The highest BCUT2D eigenvalue weighted by molar-refractivity contribution is 5.94. The standard InChI is InChI=1S/C19H22FN3O2/c20-14-7-1-2-8-16(14)23-15-9-5-6-13(15)17(22-23)18(25)21-19(12-24)10-3-4-11-19/h1-2,7-8,24H,3-6,9-12H2,(H,21,25).